The van der Waals surface area contributed by atoms with Crippen LogP contribution in [0.4, 0.5) is 18.9 Å². The summed E-state index contributed by atoms with van der Waals surface area (Å²) < 4.78 is 47.8. The summed E-state index contributed by atoms with van der Waals surface area (Å²) in [6.07, 6.45) is -2.31. The topological polar surface area (TPSA) is 97.1 Å². The first-order valence-electron chi connectivity index (χ1n) is 11.6. The van der Waals surface area contributed by atoms with Gasteiger partial charge in [0.05, 0.1) is 11.3 Å². The van der Waals surface area contributed by atoms with Gasteiger partial charge in [0.2, 0.25) is 0 Å². The van der Waals surface area contributed by atoms with E-state index in [1.165, 1.54) is 6.07 Å². The molecular formula is C25H33BrF3N3O4. The molecule has 0 aliphatic carbocycles. The highest BCUT2D eigenvalue weighted by Crippen LogP contribution is 2.33. The number of nitrogens with zero attached hydrogens (tertiary/aromatic N) is 1. The lowest BCUT2D eigenvalue weighted by Gasteiger charge is -2.22. The number of primary amides is 1. The number of carbonyl (C=O) groups is 1. The fourth-order valence-electron chi connectivity index (χ4n) is 4.22. The lowest BCUT2D eigenvalue weighted by molar-refractivity contribution is -0.153. The van der Waals surface area contributed by atoms with Gasteiger partial charge < -0.3 is 30.5 Å². The van der Waals surface area contributed by atoms with E-state index in [-0.39, 0.29) is 47.7 Å². The zero-order valence-electron chi connectivity index (χ0n) is 20.1. The lowest BCUT2D eigenvalue weighted by atomic mass is 9.98. The highest BCUT2D eigenvalue weighted by atomic mass is 79.9. The van der Waals surface area contributed by atoms with Crippen molar-refractivity contribution in [3.63, 3.8) is 0 Å². The molecule has 1 heterocycles. The SMILES string of the molecule is Br.C[C@H](Cc1cc2c(c(C(N)=O)c1)N(CCCO)CC2)NCCOc1ccccc1OCC(F)(F)F. The van der Waals surface area contributed by atoms with Gasteiger partial charge in [-0.25, -0.2) is 0 Å². The third-order valence-corrected chi connectivity index (χ3v) is 5.70. The number of aliphatic hydroxyl groups is 1. The Morgan fingerprint density at radius 3 is 2.56 bits per heavy atom. The van der Waals surface area contributed by atoms with Gasteiger partial charge in [-0.2, -0.15) is 13.2 Å². The second-order valence-electron chi connectivity index (χ2n) is 8.59. The zero-order valence-corrected chi connectivity index (χ0v) is 21.9. The molecule has 0 saturated heterocycles. The minimum atomic E-state index is -4.42. The normalized spacial score (nSPS) is 13.6. The first-order valence-corrected chi connectivity index (χ1v) is 11.6. The summed E-state index contributed by atoms with van der Waals surface area (Å²) >= 11 is 0. The summed E-state index contributed by atoms with van der Waals surface area (Å²) in [7, 11) is 0. The van der Waals surface area contributed by atoms with Crippen LogP contribution in [-0.2, 0) is 12.8 Å². The molecule has 0 spiro atoms. The van der Waals surface area contributed by atoms with Crippen LogP contribution in [-0.4, -0.2) is 62.7 Å². The fourth-order valence-corrected chi connectivity index (χ4v) is 4.22. The number of benzene rings is 2. The van der Waals surface area contributed by atoms with E-state index in [9.17, 15) is 18.0 Å². The van der Waals surface area contributed by atoms with Crippen LogP contribution in [0.3, 0.4) is 0 Å². The number of ether oxygens (including phenoxy) is 2. The maximum absolute atomic E-state index is 12.4. The van der Waals surface area contributed by atoms with Crippen molar-refractivity contribution in [2.45, 2.75) is 38.4 Å². The highest BCUT2D eigenvalue weighted by Gasteiger charge is 2.29. The Morgan fingerprint density at radius 2 is 1.92 bits per heavy atom. The van der Waals surface area contributed by atoms with Gasteiger partial charge in [-0.15, -0.1) is 17.0 Å². The molecule has 1 amide bonds. The van der Waals surface area contributed by atoms with E-state index in [2.05, 4.69) is 16.3 Å². The Morgan fingerprint density at radius 1 is 1.22 bits per heavy atom. The number of aliphatic hydroxyl groups excluding tert-OH is 1. The maximum Gasteiger partial charge on any atom is 0.422 e. The van der Waals surface area contributed by atoms with Crippen molar-refractivity contribution in [2.24, 2.45) is 5.73 Å². The number of para-hydroxylation sites is 2. The van der Waals surface area contributed by atoms with Crippen molar-refractivity contribution in [2.75, 3.05) is 44.4 Å². The Labute approximate surface area is 219 Å². The van der Waals surface area contributed by atoms with Gasteiger partial charge in [-0.05, 0) is 55.5 Å². The molecule has 2 aromatic rings. The summed E-state index contributed by atoms with van der Waals surface area (Å²) in [6, 6.07) is 10.2. The molecule has 0 aromatic heterocycles. The van der Waals surface area contributed by atoms with Gasteiger partial charge in [-0.1, -0.05) is 18.2 Å². The summed E-state index contributed by atoms with van der Waals surface area (Å²) in [6.45, 7) is 2.89. The molecule has 7 nitrogen and oxygen atoms in total. The molecule has 0 radical (unpaired) electrons. The summed E-state index contributed by atoms with van der Waals surface area (Å²) in [5.74, 6) is -0.177. The quantitative estimate of drug-likeness (QED) is 0.315. The first-order chi connectivity index (χ1) is 16.7. The Kier molecular flexibility index (Phi) is 11.3. The number of nitrogens with two attached hydrogens (primary N) is 1. The van der Waals surface area contributed by atoms with Crippen molar-refractivity contribution in [1.82, 2.24) is 5.32 Å². The molecule has 36 heavy (non-hydrogen) atoms. The highest BCUT2D eigenvalue weighted by molar-refractivity contribution is 8.93. The van der Waals surface area contributed by atoms with Crippen LogP contribution < -0.4 is 25.4 Å². The summed E-state index contributed by atoms with van der Waals surface area (Å²) in [5.41, 5.74) is 9.12. The third-order valence-electron chi connectivity index (χ3n) is 5.70. The molecule has 1 aliphatic rings. The number of nitrogens with one attached hydrogen (secondary N) is 1. The average molecular weight is 576 g/mol. The van der Waals surface area contributed by atoms with Gasteiger partial charge in [0.15, 0.2) is 18.1 Å². The number of alkyl halides is 3. The van der Waals surface area contributed by atoms with E-state index in [0.717, 1.165) is 29.8 Å². The number of carbonyl (C=O) groups excluding carboxylic acids is 1. The Balaban J connectivity index is 0.00000456. The van der Waals surface area contributed by atoms with Crippen molar-refractivity contribution in [3.8, 4) is 11.5 Å². The largest absolute Gasteiger partial charge is 0.488 e. The molecular weight excluding hydrogens is 543 g/mol. The summed E-state index contributed by atoms with van der Waals surface area (Å²) in [5, 5.41) is 12.5. The lowest BCUT2D eigenvalue weighted by Crippen LogP contribution is -2.32. The second-order valence-corrected chi connectivity index (χ2v) is 8.59. The monoisotopic (exact) mass is 575 g/mol. The average Bonchev–Trinajstić information content (AvgIpc) is 3.21. The molecule has 0 saturated carbocycles. The van der Waals surface area contributed by atoms with E-state index in [1.54, 1.807) is 18.2 Å². The molecule has 4 N–H and O–H groups in total. The standard InChI is InChI=1S/C25H32F3N3O4.BrH/c1-17(30-8-12-34-21-5-2-3-6-22(21)35-16-25(26,27)28)13-18-14-19-7-10-31(9-4-11-32)23(19)20(15-18)24(29)33;/h2-3,5-6,14-15,17,30,32H,4,7-13,16H2,1H3,(H2,29,33);1H/t17-;/m1./s1. The predicted octanol–water partition coefficient (Wildman–Crippen LogP) is 3.65. The number of amides is 1. The first kappa shape index (κ1) is 29.7. The van der Waals surface area contributed by atoms with E-state index in [1.807, 2.05) is 13.0 Å². The van der Waals surface area contributed by atoms with Gasteiger partial charge >= 0.3 is 6.18 Å². The maximum atomic E-state index is 12.4. The summed E-state index contributed by atoms with van der Waals surface area (Å²) in [4.78, 5) is 14.2. The Bertz CT molecular complexity index is 1010. The van der Waals surface area contributed by atoms with Crippen molar-refractivity contribution in [1.29, 1.82) is 0 Å². The molecule has 1 atom stereocenters. The van der Waals surface area contributed by atoms with Crippen molar-refractivity contribution < 1.29 is 32.5 Å². The molecule has 11 heteroatoms. The van der Waals surface area contributed by atoms with Gasteiger partial charge in [0.1, 0.15) is 6.61 Å². The Hall–Kier alpha value is -2.50. The molecule has 0 bridgehead atoms. The van der Waals surface area contributed by atoms with E-state index >= 15 is 0 Å². The van der Waals surface area contributed by atoms with Crippen LogP contribution in [0.2, 0.25) is 0 Å². The minimum Gasteiger partial charge on any atom is -0.488 e. The third kappa shape index (κ3) is 8.56. The van der Waals surface area contributed by atoms with Gasteiger partial charge in [0, 0.05) is 32.3 Å². The second kappa shape index (κ2) is 13.7. The number of hydrogen-bond acceptors (Lipinski definition) is 6. The van der Waals surface area contributed by atoms with Crippen LogP contribution in [0.5, 0.6) is 11.5 Å². The van der Waals surface area contributed by atoms with Gasteiger partial charge in [-0.3, -0.25) is 4.79 Å². The van der Waals surface area contributed by atoms with Crippen LogP contribution in [0.1, 0.15) is 34.8 Å². The van der Waals surface area contributed by atoms with Gasteiger partial charge in [0.25, 0.3) is 5.91 Å². The van der Waals surface area contributed by atoms with Crippen LogP contribution >= 0.6 is 17.0 Å². The molecule has 1 aliphatic heterocycles. The molecule has 3 rings (SSSR count). The van der Waals surface area contributed by atoms with Crippen LogP contribution in [0.15, 0.2) is 36.4 Å². The number of halogens is 4. The van der Waals surface area contributed by atoms with E-state index in [4.69, 9.17) is 20.3 Å². The number of rotatable bonds is 13. The smallest absolute Gasteiger partial charge is 0.422 e. The van der Waals surface area contributed by atoms with E-state index in [0.29, 0.717) is 31.5 Å². The number of anilines is 1. The van der Waals surface area contributed by atoms with Crippen LogP contribution in [0, 0.1) is 0 Å². The molecule has 2 aromatic carbocycles. The van der Waals surface area contributed by atoms with Crippen LogP contribution in [0.25, 0.3) is 0 Å². The molecule has 0 fully saturated rings. The predicted molar refractivity (Wildman–Crippen MR) is 138 cm³/mol. The minimum absolute atomic E-state index is 0. The van der Waals surface area contributed by atoms with Crippen molar-refractivity contribution in [3.05, 3.63) is 53.1 Å². The van der Waals surface area contributed by atoms with E-state index < -0.39 is 18.7 Å². The number of fused-ring (bicyclic) bond motifs is 1. The molecule has 200 valence electrons. The van der Waals surface area contributed by atoms with Crippen molar-refractivity contribution >= 4 is 28.6 Å². The molecule has 0 unspecified atom stereocenters. The fraction of sp³-hybridized carbons (Fsp3) is 0.480. The zero-order chi connectivity index (χ0) is 25.4. The number of hydrogen-bond donors (Lipinski definition) is 3.